The van der Waals surface area contributed by atoms with Crippen molar-refractivity contribution in [1.29, 1.82) is 0 Å². The van der Waals surface area contributed by atoms with Gasteiger partial charge in [0.1, 0.15) is 11.6 Å². The molecule has 5 heteroatoms. The van der Waals surface area contributed by atoms with Crippen molar-refractivity contribution in [2.45, 2.75) is 19.9 Å². The molecule has 3 nitrogen and oxygen atoms in total. The van der Waals surface area contributed by atoms with Crippen molar-refractivity contribution in [2.24, 2.45) is 5.92 Å². The van der Waals surface area contributed by atoms with Gasteiger partial charge in [-0.25, -0.2) is 8.78 Å². The Kier molecular flexibility index (Phi) is 5.03. The van der Waals surface area contributed by atoms with Crippen LogP contribution >= 0.6 is 0 Å². The van der Waals surface area contributed by atoms with Crippen molar-refractivity contribution >= 4 is 5.97 Å². The van der Waals surface area contributed by atoms with Crippen LogP contribution in [0.15, 0.2) is 18.2 Å². The molecule has 0 bridgehead atoms. The average molecular weight is 243 g/mol. The normalized spacial score (nSPS) is 12.4. The van der Waals surface area contributed by atoms with Crippen molar-refractivity contribution in [3.63, 3.8) is 0 Å². The van der Waals surface area contributed by atoms with Crippen LogP contribution in [0, 0.1) is 17.6 Å². The van der Waals surface area contributed by atoms with Gasteiger partial charge in [0, 0.05) is 24.6 Å². The van der Waals surface area contributed by atoms with E-state index in [4.69, 9.17) is 5.11 Å². The molecule has 2 N–H and O–H groups in total. The Balaban J connectivity index is 2.38. The van der Waals surface area contributed by atoms with Gasteiger partial charge in [0.15, 0.2) is 0 Å². The molecule has 0 aliphatic heterocycles. The zero-order valence-electron chi connectivity index (χ0n) is 9.54. The van der Waals surface area contributed by atoms with E-state index in [1.165, 1.54) is 12.1 Å². The first-order valence-corrected chi connectivity index (χ1v) is 5.35. The number of hydrogen-bond donors (Lipinski definition) is 2. The summed E-state index contributed by atoms with van der Waals surface area (Å²) < 4.78 is 25.8. The first-order valence-electron chi connectivity index (χ1n) is 5.35. The predicted molar refractivity (Wildman–Crippen MR) is 59.5 cm³/mol. The Morgan fingerprint density at radius 2 is 2.18 bits per heavy atom. The molecule has 1 aromatic carbocycles. The summed E-state index contributed by atoms with van der Waals surface area (Å²) in [7, 11) is 0. The summed E-state index contributed by atoms with van der Waals surface area (Å²) in [5, 5.41) is 11.5. The smallest absolute Gasteiger partial charge is 0.303 e. The van der Waals surface area contributed by atoms with E-state index in [1.54, 1.807) is 6.92 Å². The van der Waals surface area contributed by atoms with Crippen LogP contribution < -0.4 is 5.32 Å². The van der Waals surface area contributed by atoms with Gasteiger partial charge in [-0.05, 0) is 18.5 Å². The number of carbonyl (C=O) groups is 1. The lowest BCUT2D eigenvalue weighted by molar-refractivity contribution is -0.137. The Bertz CT molecular complexity index is 396. The van der Waals surface area contributed by atoms with Gasteiger partial charge in [-0.15, -0.1) is 0 Å². The summed E-state index contributed by atoms with van der Waals surface area (Å²) in [4.78, 5) is 10.4. The minimum atomic E-state index is -0.854. The number of rotatable bonds is 6. The fourth-order valence-corrected chi connectivity index (χ4v) is 1.49. The van der Waals surface area contributed by atoms with Gasteiger partial charge in [-0.1, -0.05) is 13.0 Å². The van der Waals surface area contributed by atoms with Gasteiger partial charge in [0.2, 0.25) is 0 Å². The molecule has 1 aromatic rings. The second kappa shape index (κ2) is 6.30. The largest absolute Gasteiger partial charge is 0.481 e. The molecule has 17 heavy (non-hydrogen) atoms. The van der Waals surface area contributed by atoms with Gasteiger partial charge in [-0.3, -0.25) is 4.79 Å². The van der Waals surface area contributed by atoms with Crippen molar-refractivity contribution in [3.8, 4) is 0 Å². The van der Waals surface area contributed by atoms with Gasteiger partial charge in [0.05, 0.1) is 0 Å². The number of hydrogen-bond acceptors (Lipinski definition) is 2. The summed E-state index contributed by atoms with van der Waals surface area (Å²) in [6.45, 7) is 2.53. The second-order valence-electron chi connectivity index (χ2n) is 4.07. The molecule has 1 rings (SSSR count). The highest BCUT2D eigenvalue weighted by molar-refractivity contribution is 5.66. The van der Waals surface area contributed by atoms with Crippen molar-refractivity contribution in [1.82, 2.24) is 5.32 Å². The maximum atomic E-state index is 13.2. The standard InChI is InChI=1S/C12H15F2NO2/c1-8(4-12(16)17)6-15-7-9-2-3-10(13)5-11(9)14/h2-3,5,8,15H,4,6-7H2,1H3,(H,16,17). The maximum Gasteiger partial charge on any atom is 0.303 e. The summed E-state index contributed by atoms with van der Waals surface area (Å²) in [6, 6.07) is 3.40. The molecule has 0 heterocycles. The molecule has 0 saturated heterocycles. The van der Waals surface area contributed by atoms with Crippen molar-refractivity contribution in [3.05, 3.63) is 35.4 Å². The number of halogens is 2. The average Bonchev–Trinajstić information content (AvgIpc) is 2.20. The molecule has 0 aliphatic carbocycles. The predicted octanol–water partition coefficient (Wildman–Crippen LogP) is 2.17. The van der Waals surface area contributed by atoms with Crippen LogP contribution in [0.25, 0.3) is 0 Å². The van der Waals surface area contributed by atoms with E-state index >= 15 is 0 Å². The summed E-state index contributed by atoms with van der Waals surface area (Å²) in [5.41, 5.74) is 0.369. The number of aliphatic carboxylic acids is 1. The maximum absolute atomic E-state index is 13.2. The molecule has 0 radical (unpaired) electrons. The topological polar surface area (TPSA) is 49.3 Å². The quantitative estimate of drug-likeness (QED) is 0.805. The van der Waals surface area contributed by atoms with Gasteiger partial charge >= 0.3 is 5.97 Å². The summed E-state index contributed by atoms with van der Waals surface area (Å²) in [6.07, 6.45) is 0.0684. The van der Waals surface area contributed by atoms with Crippen LogP contribution in [0.5, 0.6) is 0 Å². The lowest BCUT2D eigenvalue weighted by Crippen LogP contribution is -2.23. The minimum absolute atomic E-state index is 0.0315. The Hall–Kier alpha value is -1.49. The fourth-order valence-electron chi connectivity index (χ4n) is 1.49. The Morgan fingerprint density at radius 1 is 1.47 bits per heavy atom. The zero-order valence-corrected chi connectivity index (χ0v) is 9.54. The number of nitrogens with one attached hydrogen (secondary N) is 1. The monoisotopic (exact) mass is 243 g/mol. The molecule has 94 valence electrons. The number of benzene rings is 1. The van der Waals surface area contributed by atoms with Gasteiger partial charge < -0.3 is 10.4 Å². The number of carboxylic acids is 1. The zero-order chi connectivity index (χ0) is 12.8. The lowest BCUT2D eigenvalue weighted by Gasteiger charge is -2.10. The third kappa shape index (κ3) is 4.91. The van der Waals surface area contributed by atoms with Crippen LogP contribution in [0.3, 0.4) is 0 Å². The molecule has 1 unspecified atom stereocenters. The van der Waals surface area contributed by atoms with Crippen LogP contribution in [0.4, 0.5) is 8.78 Å². The van der Waals surface area contributed by atoms with E-state index in [0.717, 1.165) is 6.07 Å². The van der Waals surface area contributed by atoms with E-state index < -0.39 is 17.6 Å². The summed E-state index contributed by atoms with van der Waals surface area (Å²) in [5.74, 6) is -2.09. The Labute approximate surface area is 98.5 Å². The van der Waals surface area contributed by atoms with E-state index in [0.29, 0.717) is 12.1 Å². The first kappa shape index (κ1) is 13.6. The van der Waals surface area contributed by atoms with Crippen LogP contribution in [-0.2, 0) is 11.3 Å². The molecule has 0 amide bonds. The van der Waals surface area contributed by atoms with Crippen LogP contribution in [0.2, 0.25) is 0 Å². The Morgan fingerprint density at radius 3 is 2.76 bits per heavy atom. The highest BCUT2D eigenvalue weighted by Crippen LogP contribution is 2.09. The molecule has 0 fully saturated rings. The third-order valence-corrected chi connectivity index (χ3v) is 2.35. The van der Waals surface area contributed by atoms with Crippen LogP contribution in [0.1, 0.15) is 18.9 Å². The molecule has 0 saturated carbocycles. The molecule has 0 aliphatic rings. The molecular formula is C12H15F2NO2. The minimum Gasteiger partial charge on any atom is -0.481 e. The SMILES string of the molecule is CC(CNCc1ccc(F)cc1F)CC(=O)O. The van der Waals surface area contributed by atoms with Crippen LogP contribution in [-0.4, -0.2) is 17.6 Å². The molecule has 0 spiro atoms. The van der Waals surface area contributed by atoms with E-state index in [1.807, 2.05) is 0 Å². The highest BCUT2D eigenvalue weighted by Gasteiger charge is 2.08. The van der Waals surface area contributed by atoms with Crippen molar-refractivity contribution in [2.75, 3.05) is 6.54 Å². The summed E-state index contributed by atoms with van der Waals surface area (Å²) >= 11 is 0. The van der Waals surface area contributed by atoms with E-state index in [9.17, 15) is 13.6 Å². The fraction of sp³-hybridized carbons (Fsp3) is 0.417. The number of carboxylic acid groups (broad SMARTS) is 1. The third-order valence-electron chi connectivity index (χ3n) is 2.35. The van der Waals surface area contributed by atoms with Crippen molar-refractivity contribution < 1.29 is 18.7 Å². The van der Waals surface area contributed by atoms with Gasteiger partial charge in [0.25, 0.3) is 0 Å². The van der Waals surface area contributed by atoms with E-state index in [2.05, 4.69) is 5.32 Å². The first-order chi connectivity index (χ1) is 7.99. The molecule has 0 aromatic heterocycles. The second-order valence-corrected chi connectivity index (χ2v) is 4.07. The molecular weight excluding hydrogens is 228 g/mol. The van der Waals surface area contributed by atoms with E-state index in [-0.39, 0.29) is 18.9 Å². The molecule has 1 atom stereocenters. The lowest BCUT2D eigenvalue weighted by atomic mass is 10.1. The highest BCUT2D eigenvalue weighted by atomic mass is 19.1. The van der Waals surface area contributed by atoms with Gasteiger partial charge in [-0.2, -0.15) is 0 Å².